The Kier molecular flexibility index (Phi) is 2.14. The number of hydrogen-bond donors (Lipinski definition) is 0. The van der Waals surface area contributed by atoms with Gasteiger partial charge in [-0.2, -0.15) is 0 Å². The second-order valence-corrected chi connectivity index (χ2v) is 4.44. The molecule has 4 nitrogen and oxygen atoms in total. The number of aliphatic imine (C=N–C) groups is 1. The molecule has 0 saturated carbocycles. The predicted octanol–water partition coefficient (Wildman–Crippen LogP) is 2.78. The Morgan fingerprint density at radius 1 is 0.947 bits per heavy atom. The van der Waals surface area contributed by atoms with Gasteiger partial charge in [-0.25, -0.2) is 4.99 Å². The molecule has 0 radical (unpaired) electrons. The minimum absolute atomic E-state index is 0.0244. The molecular formula is C15H11N3O. The minimum Gasteiger partial charge on any atom is -0.361 e. The molecule has 2 aliphatic heterocycles. The topological polar surface area (TPSA) is 37.2 Å². The maximum absolute atomic E-state index is 5.72. The summed E-state index contributed by atoms with van der Waals surface area (Å²) in [7, 11) is 0. The van der Waals surface area contributed by atoms with Crippen molar-refractivity contribution in [3.05, 3.63) is 65.7 Å². The number of hydroxylamine groups is 1. The zero-order valence-corrected chi connectivity index (χ0v) is 10.1. The molecule has 4 rings (SSSR count). The van der Waals surface area contributed by atoms with Crippen LogP contribution in [0, 0.1) is 0 Å². The van der Waals surface area contributed by atoms with E-state index in [1.165, 1.54) is 0 Å². The molecular weight excluding hydrogens is 238 g/mol. The third kappa shape index (κ3) is 1.61. The molecule has 2 aromatic carbocycles. The summed E-state index contributed by atoms with van der Waals surface area (Å²) in [6, 6.07) is 17.8. The van der Waals surface area contributed by atoms with E-state index in [4.69, 9.17) is 4.84 Å². The Morgan fingerprint density at radius 3 is 2.63 bits per heavy atom. The van der Waals surface area contributed by atoms with Crippen LogP contribution in [0.15, 0.2) is 64.7 Å². The molecule has 0 aliphatic carbocycles. The van der Waals surface area contributed by atoms with Crippen LogP contribution in [0.1, 0.15) is 17.2 Å². The molecule has 2 heterocycles. The summed E-state index contributed by atoms with van der Waals surface area (Å²) in [5.74, 6) is 1.52. The maximum Gasteiger partial charge on any atom is 0.182 e. The standard InChI is InChI=1S/C15H11N3O/c1-2-6-11(7-3-1)15-16-10-13-12-8-4-5-9-14(12)19-18(13)17-15/h1-10,13H. The van der Waals surface area contributed by atoms with Gasteiger partial charge < -0.3 is 4.84 Å². The minimum atomic E-state index is -0.0244. The van der Waals surface area contributed by atoms with Gasteiger partial charge >= 0.3 is 0 Å². The highest BCUT2D eigenvalue weighted by Crippen LogP contribution is 2.37. The van der Waals surface area contributed by atoms with Gasteiger partial charge in [0.25, 0.3) is 0 Å². The van der Waals surface area contributed by atoms with E-state index in [1.54, 1.807) is 5.17 Å². The van der Waals surface area contributed by atoms with Crippen LogP contribution in [0.25, 0.3) is 0 Å². The van der Waals surface area contributed by atoms with Crippen LogP contribution >= 0.6 is 0 Å². The third-order valence-corrected chi connectivity index (χ3v) is 3.23. The van der Waals surface area contributed by atoms with Crippen molar-refractivity contribution in [2.75, 3.05) is 0 Å². The molecule has 2 aliphatic rings. The molecule has 0 N–H and O–H groups in total. The van der Waals surface area contributed by atoms with Crippen LogP contribution in [0.5, 0.6) is 5.75 Å². The highest BCUT2D eigenvalue weighted by Gasteiger charge is 2.33. The second-order valence-electron chi connectivity index (χ2n) is 4.44. The largest absolute Gasteiger partial charge is 0.361 e. The van der Waals surface area contributed by atoms with Crippen molar-refractivity contribution in [2.24, 2.45) is 10.1 Å². The number of nitrogens with zero attached hydrogens (tertiary/aromatic N) is 3. The van der Waals surface area contributed by atoms with Crippen LogP contribution in [0.2, 0.25) is 0 Å². The highest BCUT2D eigenvalue weighted by atomic mass is 16.7. The van der Waals surface area contributed by atoms with E-state index in [-0.39, 0.29) is 6.04 Å². The summed E-state index contributed by atoms with van der Waals surface area (Å²) < 4.78 is 0. The van der Waals surface area contributed by atoms with Crippen molar-refractivity contribution < 1.29 is 4.84 Å². The van der Waals surface area contributed by atoms with E-state index >= 15 is 0 Å². The summed E-state index contributed by atoms with van der Waals surface area (Å²) in [6.07, 6.45) is 1.88. The Balaban J connectivity index is 1.72. The van der Waals surface area contributed by atoms with E-state index < -0.39 is 0 Å². The van der Waals surface area contributed by atoms with Crippen molar-refractivity contribution in [2.45, 2.75) is 6.04 Å². The van der Waals surface area contributed by atoms with Crippen LogP contribution in [0.3, 0.4) is 0 Å². The van der Waals surface area contributed by atoms with E-state index in [0.717, 1.165) is 16.9 Å². The molecule has 0 aromatic heterocycles. The van der Waals surface area contributed by atoms with Gasteiger partial charge in [-0.15, -0.1) is 10.3 Å². The van der Waals surface area contributed by atoms with Gasteiger partial charge in [0.15, 0.2) is 17.6 Å². The normalized spacial score (nSPS) is 19.5. The average molecular weight is 249 g/mol. The number of hydrazone groups is 1. The van der Waals surface area contributed by atoms with Crippen molar-refractivity contribution in [1.29, 1.82) is 0 Å². The Labute approximate surface area is 110 Å². The fourth-order valence-electron chi connectivity index (χ4n) is 2.28. The summed E-state index contributed by atoms with van der Waals surface area (Å²) >= 11 is 0. The first-order valence-electron chi connectivity index (χ1n) is 6.16. The van der Waals surface area contributed by atoms with Gasteiger partial charge in [0.05, 0.1) is 0 Å². The zero-order valence-electron chi connectivity index (χ0n) is 10.1. The molecule has 4 heteroatoms. The maximum atomic E-state index is 5.72. The Bertz CT molecular complexity index is 679. The van der Waals surface area contributed by atoms with E-state index in [9.17, 15) is 0 Å². The van der Waals surface area contributed by atoms with Crippen molar-refractivity contribution in [1.82, 2.24) is 5.17 Å². The molecule has 0 spiro atoms. The summed E-state index contributed by atoms with van der Waals surface area (Å²) in [5.41, 5.74) is 2.08. The SMILES string of the molecule is C1=NC(c2ccccc2)=NN2Oc3ccccc3C12. The molecule has 1 unspecified atom stereocenters. The first-order valence-corrected chi connectivity index (χ1v) is 6.16. The van der Waals surface area contributed by atoms with Crippen LogP contribution < -0.4 is 4.84 Å². The fourth-order valence-corrected chi connectivity index (χ4v) is 2.28. The van der Waals surface area contributed by atoms with Crippen molar-refractivity contribution >= 4 is 12.1 Å². The monoisotopic (exact) mass is 249 g/mol. The lowest BCUT2D eigenvalue weighted by atomic mass is 10.1. The lowest BCUT2D eigenvalue weighted by Gasteiger charge is -2.20. The summed E-state index contributed by atoms with van der Waals surface area (Å²) in [6.45, 7) is 0. The van der Waals surface area contributed by atoms with Gasteiger partial charge in [-0.05, 0) is 6.07 Å². The first kappa shape index (κ1) is 10.3. The van der Waals surface area contributed by atoms with Gasteiger partial charge in [-0.1, -0.05) is 48.5 Å². The van der Waals surface area contributed by atoms with Crippen molar-refractivity contribution in [3.63, 3.8) is 0 Å². The zero-order chi connectivity index (χ0) is 12.7. The number of fused-ring (bicyclic) bond motifs is 3. The number of para-hydroxylation sites is 1. The molecule has 2 aromatic rings. The van der Waals surface area contributed by atoms with Crippen LogP contribution in [-0.2, 0) is 0 Å². The van der Waals surface area contributed by atoms with E-state index in [1.807, 2.05) is 60.8 Å². The molecule has 0 amide bonds. The molecule has 0 bridgehead atoms. The van der Waals surface area contributed by atoms with Crippen molar-refractivity contribution in [3.8, 4) is 5.75 Å². The molecule has 0 saturated heterocycles. The van der Waals surface area contributed by atoms with Crippen LogP contribution in [-0.4, -0.2) is 17.2 Å². The second kappa shape index (κ2) is 3.95. The summed E-state index contributed by atoms with van der Waals surface area (Å²) in [5, 5.41) is 6.07. The molecule has 1 atom stereocenters. The van der Waals surface area contributed by atoms with Gasteiger partial charge in [0.1, 0.15) is 0 Å². The number of rotatable bonds is 1. The fraction of sp³-hybridized carbons (Fsp3) is 0.0667. The molecule has 92 valence electrons. The van der Waals surface area contributed by atoms with Gasteiger partial charge in [0.2, 0.25) is 0 Å². The first-order chi connectivity index (χ1) is 9.42. The Morgan fingerprint density at radius 2 is 1.74 bits per heavy atom. The van der Waals surface area contributed by atoms with E-state index in [0.29, 0.717) is 5.84 Å². The van der Waals surface area contributed by atoms with E-state index in [2.05, 4.69) is 10.1 Å². The average Bonchev–Trinajstić information content (AvgIpc) is 2.86. The quantitative estimate of drug-likeness (QED) is 0.779. The predicted molar refractivity (Wildman–Crippen MR) is 73.1 cm³/mol. The van der Waals surface area contributed by atoms with Crippen LogP contribution in [0.4, 0.5) is 0 Å². The lowest BCUT2D eigenvalue weighted by molar-refractivity contribution is -0.0502. The van der Waals surface area contributed by atoms with Gasteiger partial charge in [-0.3, -0.25) is 0 Å². The number of benzene rings is 2. The lowest BCUT2D eigenvalue weighted by Crippen LogP contribution is -2.27. The highest BCUT2D eigenvalue weighted by molar-refractivity contribution is 6.04. The Hall–Kier alpha value is -2.62. The molecule has 19 heavy (non-hydrogen) atoms. The number of amidine groups is 1. The summed E-state index contributed by atoms with van der Waals surface area (Å²) in [4.78, 5) is 10.2. The third-order valence-electron chi connectivity index (χ3n) is 3.23. The molecule has 0 fully saturated rings. The smallest absolute Gasteiger partial charge is 0.182 e. The van der Waals surface area contributed by atoms with Gasteiger partial charge in [0, 0.05) is 17.3 Å². The number of hydrogen-bond acceptors (Lipinski definition) is 4.